The predicted molar refractivity (Wildman–Crippen MR) is 132 cm³/mol. The van der Waals surface area contributed by atoms with Crippen molar-refractivity contribution < 1.29 is 18.7 Å². The van der Waals surface area contributed by atoms with Crippen molar-refractivity contribution >= 4 is 45.8 Å². The number of H-pyrrole nitrogens is 1. The van der Waals surface area contributed by atoms with Crippen LogP contribution in [-0.2, 0) is 0 Å². The number of anilines is 2. The molecule has 4 heterocycles. The van der Waals surface area contributed by atoms with Gasteiger partial charge < -0.3 is 19.4 Å². The van der Waals surface area contributed by atoms with Gasteiger partial charge in [-0.15, -0.1) is 0 Å². The van der Waals surface area contributed by atoms with Crippen molar-refractivity contribution in [2.75, 3.05) is 23.3 Å². The van der Waals surface area contributed by atoms with Gasteiger partial charge in [0, 0.05) is 36.6 Å². The molecule has 0 bridgehead atoms. The van der Waals surface area contributed by atoms with Crippen molar-refractivity contribution in [3.63, 3.8) is 0 Å². The molecule has 6 rings (SSSR count). The van der Waals surface area contributed by atoms with Crippen molar-refractivity contribution in [3.8, 4) is 11.1 Å². The lowest BCUT2D eigenvalue weighted by Gasteiger charge is -2.18. The Morgan fingerprint density at radius 3 is 2.72 bits per heavy atom. The molecule has 0 saturated carbocycles. The van der Waals surface area contributed by atoms with Gasteiger partial charge in [0.25, 0.3) is 5.91 Å². The fourth-order valence-electron chi connectivity index (χ4n) is 4.49. The second kappa shape index (κ2) is 8.58. The number of imidazole rings is 2. The Labute approximate surface area is 208 Å². The van der Waals surface area contributed by atoms with Crippen molar-refractivity contribution in [1.82, 2.24) is 19.4 Å². The molecule has 1 aliphatic heterocycles. The number of nitrogens with zero attached hydrogens (tertiary/aromatic N) is 4. The van der Waals surface area contributed by atoms with E-state index in [0.717, 1.165) is 5.56 Å². The molecule has 2 aromatic carbocycles. The van der Waals surface area contributed by atoms with Crippen LogP contribution in [0.5, 0.6) is 0 Å². The number of aromatic amines is 1. The van der Waals surface area contributed by atoms with Crippen LogP contribution >= 0.6 is 11.6 Å². The number of fused-ring (bicyclic) bond motifs is 2. The zero-order valence-electron chi connectivity index (χ0n) is 18.7. The molecule has 11 heteroatoms. The van der Waals surface area contributed by atoms with Crippen LogP contribution < -0.4 is 10.2 Å². The van der Waals surface area contributed by atoms with Crippen molar-refractivity contribution in [2.45, 2.75) is 12.5 Å². The van der Waals surface area contributed by atoms with Gasteiger partial charge in [0.2, 0.25) is 5.95 Å². The Morgan fingerprint density at radius 1 is 1.08 bits per heavy atom. The van der Waals surface area contributed by atoms with Crippen molar-refractivity contribution in [3.05, 3.63) is 77.2 Å². The number of carbonyl (C=O) groups excluding carboxylic acids is 1. The summed E-state index contributed by atoms with van der Waals surface area (Å²) in [6, 6.07) is 11.0. The Morgan fingerprint density at radius 2 is 1.94 bits per heavy atom. The number of aliphatic hydroxyl groups is 1. The van der Waals surface area contributed by atoms with Gasteiger partial charge in [0.05, 0.1) is 22.8 Å². The number of aliphatic hydroxyl groups excluding tert-OH is 1. The summed E-state index contributed by atoms with van der Waals surface area (Å²) in [6.07, 6.45) is 2.78. The summed E-state index contributed by atoms with van der Waals surface area (Å²) in [5.41, 5.74) is 3.58. The first-order chi connectivity index (χ1) is 17.3. The number of aromatic nitrogens is 4. The van der Waals surface area contributed by atoms with Gasteiger partial charge in [0.1, 0.15) is 17.3 Å². The van der Waals surface area contributed by atoms with Crippen LogP contribution in [0.15, 0.2) is 54.9 Å². The number of pyridine rings is 1. The quantitative estimate of drug-likeness (QED) is 0.329. The van der Waals surface area contributed by atoms with Gasteiger partial charge in [-0.3, -0.25) is 10.1 Å². The number of hydrogen-bond acceptors (Lipinski definition) is 5. The van der Waals surface area contributed by atoms with E-state index in [0.29, 0.717) is 52.5 Å². The van der Waals surface area contributed by atoms with Crippen LogP contribution in [0, 0.1) is 11.6 Å². The standard InChI is InChI=1S/C25H19ClF2N6O2/c26-15-5-14(6-16(27)8-15)13-1-2-19-20(7-13)31-25(30-19)32-24(36)21-12-34-10-17(28)9-22(23(34)29-21)33-4-3-18(35)11-33/h1-2,5-10,12,18,35H,3-4,11H2,(H2,30,31,32,36)/t18-/m0/s1. The number of carbonyl (C=O) groups is 1. The summed E-state index contributed by atoms with van der Waals surface area (Å²) < 4.78 is 29.5. The molecule has 1 amide bonds. The molecule has 1 aliphatic rings. The Kier molecular flexibility index (Phi) is 5.35. The zero-order chi connectivity index (χ0) is 25.0. The number of halogens is 3. The van der Waals surface area contributed by atoms with E-state index >= 15 is 0 Å². The minimum atomic E-state index is -0.525. The van der Waals surface area contributed by atoms with Crippen LogP contribution in [0.4, 0.5) is 20.4 Å². The molecule has 36 heavy (non-hydrogen) atoms. The minimum absolute atomic E-state index is 0.0807. The van der Waals surface area contributed by atoms with E-state index in [4.69, 9.17) is 11.6 Å². The van der Waals surface area contributed by atoms with Crippen LogP contribution in [0.3, 0.4) is 0 Å². The average molecular weight is 509 g/mol. The molecular weight excluding hydrogens is 490 g/mol. The number of hydrogen-bond donors (Lipinski definition) is 3. The molecule has 0 radical (unpaired) electrons. The number of nitrogens with one attached hydrogen (secondary N) is 2. The molecule has 8 nitrogen and oxygen atoms in total. The molecule has 3 N–H and O–H groups in total. The molecule has 0 spiro atoms. The SMILES string of the molecule is O=C(Nc1nc2ccc(-c3cc(F)cc(Cl)c3)cc2[nH]1)c1cn2cc(F)cc(N3CC[C@H](O)C3)c2n1. The number of rotatable bonds is 4. The van der Waals surface area contributed by atoms with E-state index in [1.165, 1.54) is 35.0 Å². The van der Waals surface area contributed by atoms with E-state index in [1.54, 1.807) is 24.3 Å². The minimum Gasteiger partial charge on any atom is -0.391 e. The van der Waals surface area contributed by atoms with Gasteiger partial charge in [-0.05, 0) is 47.9 Å². The summed E-state index contributed by atoms with van der Waals surface area (Å²) in [4.78, 5) is 26.6. The predicted octanol–water partition coefficient (Wildman–Crippen LogP) is 4.63. The third-order valence-electron chi connectivity index (χ3n) is 6.14. The molecule has 0 unspecified atom stereocenters. The zero-order valence-corrected chi connectivity index (χ0v) is 19.4. The molecule has 1 saturated heterocycles. The topological polar surface area (TPSA) is 98.5 Å². The maximum Gasteiger partial charge on any atom is 0.278 e. The second-order valence-electron chi connectivity index (χ2n) is 8.72. The lowest BCUT2D eigenvalue weighted by molar-refractivity contribution is 0.102. The van der Waals surface area contributed by atoms with Gasteiger partial charge in [-0.2, -0.15) is 0 Å². The van der Waals surface area contributed by atoms with E-state index in [9.17, 15) is 18.7 Å². The van der Waals surface area contributed by atoms with Crippen LogP contribution in [-0.4, -0.2) is 49.6 Å². The van der Waals surface area contributed by atoms with Crippen LogP contribution in [0.2, 0.25) is 5.02 Å². The third-order valence-corrected chi connectivity index (χ3v) is 6.36. The van der Waals surface area contributed by atoms with E-state index in [1.807, 2.05) is 4.90 Å². The van der Waals surface area contributed by atoms with Gasteiger partial charge in [-0.25, -0.2) is 18.7 Å². The fraction of sp³-hybridized carbons (Fsp3) is 0.160. The first-order valence-corrected chi connectivity index (χ1v) is 11.6. The van der Waals surface area contributed by atoms with Gasteiger partial charge >= 0.3 is 0 Å². The third kappa shape index (κ3) is 4.14. The van der Waals surface area contributed by atoms with Gasteiger partial charge in [-0.1, -0.05) is 17.7 Å². The number of amides is 1. The Bertz CT molecular complexity index is 1630. The largest absolute Gasteiger partial charge is 0.391 e. The first kappa shape index (κ1) is 22.4. The highest BCUT2D eigenvalue weighted by Crippen LogP contribution is 2.29. The molecule has 1 atom stereocenters. The average Bonchev–Trinajstić information content (AvgIpc) is 3.54. The second-order valence-corrected chi connectivity index (χ2v) is 9.16. The van der Waals surface area contributed by atoms with E-state index in [-0.39, 0.29) is 11.6 Å². The van der Waals surface area contributed by atoms with Crippen molar-refractivity contribution in [1.29, 1.82) is 0 Å². The lowest BCUT2D eigenvalue weighted by atomic mass is 10.1. The summed E-state index contributed by atoms with van der Waals surface area (Å²) in [5, 5.41) is 12.8. The summed E-state index contributed by atoms with van der Waals surface area (Å²) in [7, 11) is 0. The van der Waals surface area contributed by atoms with E-state index < -0.39 is 23.6 Å². The lowest BCUT2D eigenvalue weighted by Crippen LogP contribution is -2.22. The Balaban J connectivity index is 1.28. The van der Waals surface area contributed by atoms with E-state index in [2.05, 4.69) is 20.3 Å². The van der Waals surface area contributed by atoms with Gasteiger partial charge in [0.15, 0.2) is 5.65 Å². The molecular formula is C25H19ClF2N6O2. The summed E-state index contributed by atoms with van der Waals surface area (Å²) in [5.74, 6) is -1.24. The molecule has 0 aliphatic carbocycles. The maximum atomic E-state index is 14.2. The molecule has 5 aromatic rings. The normalized spacial score (nSPS) is 15.8. The fourth-order valence-corrected chi connectivity index (χ4v) is 4.71. The monoisotopic (exact) mass is 508 g/mol. The number of benzene rings is 2. The maximum absolute atomic E-state index is 14.2. The van der Waals surface area contributed by atoms with Crippen LogP contribution in [0.1, 0.15) is 16.9 Å². The molecule has 1 fully saturated rings. The first-order valence-electron chi connectivity index (χ1n) is 11.2. The van der Waals surface area contributed by atoms with Crippen molar-refractivity contribution in [2.24, 2.45) is 0 Å². The van der Waals surface area contributed by atoms with Crippen LogP contribution in [0.25, 0.3) is 27.8 Å². The summed E-state index contributed by atoms with van der Waals surface area (Å²) in [6.45, 7) is 0.938. The smallest absolute Gasteiger partial charge is 0.278 e. The molecule has 3 aromatic heterocycles. The number of β-amino-alcohol motifs (C(OH)–C–C–N with tert-alkyl or cyclic N) is 1. The Hall–Kier alpha value is -4.02. The highest BCUT2D eigenvalue weighted by molar-refractivity contribution is 6.30. The highest BCUT2D eigenvalue weighted by atomic mass is 35.5. The highest BCUT2D eigenvalue weighted by Gasteiger charge is 2.24. The molecule has 182 valence electrons. The summed E-state index contributed by atoms with van der Waals surface area (Å²) >= 11 is 5.98.